The van der Waals surface area contributed by atoms with E-state index in [1.165, 1.54) is 24.9 Å². The van der Waals surface area contributed by atoms with Gasteiger partial charge in [0, 0.05) is 32.3 Å². The van der Waals surface area contributed by atoms with E-state index in [0.717, 1.165) is 18.4 Å². The minimum absolute atomic E-state index is 0.142. The summed E-state index contributed by atoms with van der Waals surface area (Å²) in [5.41, 5.74) is 1.18. The smallest absolute Gasteiger partial charge is 0.350 e. The number of benzene rings is 1. The zero-order chi connectivity index (χ0) is 20.8. The van der Waals surface area contributed by atoms with E-state index in [4.69, 9.17) is 9.47 Å². The number of amides is 3. The Balaban J connectivity index is 1.40. The molecule has 1 aromatic carbocycles. The third-order valence-electron chi connectivity index (χ3n) is 5.08. The summed E-state index contributed by atoms with van der Waals surface area (Å²) in [4.78, 5) is 51.6. The van der Waals surface area contributed by atoms with Crippen LogP contribution < -0.4 is 5.32 Å². The number of urea groups is 1. The lowest BCUT2D eigenvalue weighted by Crippen LogP contribution is -2.42. The third kappa shape index (κ3) is 3.55. The number of hydrogen-bond acceptors (Lipinski definition) is 7. The topological polar surface area (TPSA) is 105 Å². The zero-order valence-electron chi connectivity index (χ0n) is 16.1. The van der Waals surface area contributed by atoms with Crippen molar-refractivity contribution in [3.8, 4) is 0 Å². The van der Waals surface area contributed by atoms with Crippen molar-refractivity contribution in [2.24, 2.45) is 0 Å². The molecular weight excluding hydrogens is 378 g/mol. The van der Waals surface area contributed by atoms with E-state index in [2.05, 4.69) is 5.32 Å². The van der Waals surface area contributed by atoms with Crippen LogP contribution in [0.3, 0.4) is 0 Å². The molecule has 0 radical (unpaired) electrons. The zero-order valence-corrected chi connectivity index (χ0v) is 16.1. The average molecular weight is 399 g/mol. The van der Waals surface area contributed by atoms with Crippen LogP contribution in [0.1, 0.15) is 32.3 Å². The molecule has 152 valence electrons. The largest absolute Gasteiger partial charge is 0.419 e. The van der Waals surface area contributed by atoms with Crippen molar-refractivity contribution in [2.45, 2.75) is 45.1 Å². The number of esters is 2. The summed E-state index contributed by atoms with van der Waals surface area (Å²) in [7, 11) is 0. The molecule has 9 nitrogen and oxygen atoms in total. The molecule has 0 saturated carbocycles. The Hall–Kier alpha value is -3.36. The summed E-state index contributed by atoms with van der Waals surface area (Å²) >= 11 is 0. The Labute approximate surface area is 167 Å². The maximum Gasteiger partial charge on any atom is 0.350 e. The fourth-order valence-electron chi connectivity index (χ4n) is 3.65. The Morgan fingerprint density at radius 1 is 1.10 bits per heavy atom. The first-order valence-corrected chi connectivity index (χ1v) is 9.39. The quantitative estimate of drug-likeness (QED) is 0.356. The lowest BCUT2D eigenvalue weighted by molar-refractivity contribution is -0.222. The van der Waals surface area contributed by atoms with Gasteiger partial charge in [0.1, 0.15) is 6.04 Å². The summed E-state index contributed by atoms with van der Waals surface area (Å²) < 4.78 is 10.1. The van der Waals surface area contributed by atoms with Crippen LogP contribution in [0.2, 0.25) is 0 Å². The lowest BCUT2D eigenvalue weighted by atomic mass is 10.1. The first kappa shape index (κ1) is 19.0. The summed E-state index contributed by atoms with van der Waals surface area (Å²) in [5.74, 6) is -2.95. The number of nitrogens with zero attached hydrogens (tertiary/aromatic N) is 2. The second kappa shape index (κ2) is 6.91. The molecule has 0 bridgehead atoms. The van der Waals surface area contributed by atoms with Crippen molar-refractivity contribution in [3.63, 3.8) is 0 Å². The summed E-state index contributed by atoms with van der Waals surface area (Å²) in [6.45, 7) is 3.79. The molecule has 4 rings (SSSR count). The van der Waals surface area contributed by atoms with Crippen LogP contribution in [0.4, 0.5) is 10.5 Å². The van der Waals surface area contributed by atoms with Crippen LogP contribution >= 0.6 is 0 Å². The van der Waals surface area contributed by atoms with Crippen molar-refractivity contribution in [3.05, 3.63) is 41.6 Å². The van der Waals surface area contributed by atoms with Crippen LogP contribution in [0.25, 0.3) is 0 Å². The van der Waals surface area contributed by atoms with Crippen molar-refractivity contribution < 1.29 is 28.7 Å². The van der Waals surface area contributed by atoms with Gasteiger partial charge in [0.2, 0.25) is 0 Å². The van der Waals surface area contributed by atoms with E-state index < -0.39 is 17.7 Å². The SMILES string of the molecule is CC1(C)OC(=O)C(=CNc2ccc(CN3C(=O)C4CCCN4C3=O)cc2)C(=O)O1. The van der Waals surface area contributed by atoms with Crippen LogP contribution in [0.15, 0.2) is 36.0 Å². The fourth-order valence-corrected chi connectivity index (χ4v) is 3.65. The lowest BCUT2D eigenvalue weighted by Gasteiger charge is -2.29. The predicted molar refractivity (Wildman–Crippen MR) is 100 cm³/mol. The van der Waals surface area contributed by atoms with Gasteiger partial charge in [0.25, 0.3) is 11.7 Å². The maximum absolute atomic E-state index is 12.4. The van der Waals surface area contributed by atoms with Gasteiger partial charge in [-0.2, -0.15) is 0 Å². The summed E-state index contributed by atoms with van der Waals surface area (Å²) in [6, 6.07) is 6.44. The maximum atomic E-state index is 12.4. The van der Waals surface area contributed by atoms with E-state index in [9.17, 15) is 19.2 Å². The number of anilines is 1. The van der Waals surface area contributed by atoms with Crippen LogP contribution in [-0.2, 0) is 30.4 Å². The summed E-state index contributed by atoms with van der Waals surface area (Å²) in [5, 5.41) is 2.85. The monoisotopic (exact) mass is 399 g/mol. The molecule has 3 heterocycles. The molecule has 3 aliphatic rings. The number of rotatable bonds is 4. The first-order valence-electron chi connectivity index (χ1n) is 9.39. The molecule has 1 aromatic rings. The van der Waals surface area contributed by atoms with Gasteiger partial charge in [-0.25, -0.2) is 14.4 Å². The first-order chi connectivity index (χ1) is 13.7. The van der Waals surface area contributed by atoms with Crippen LogP contribution in [-0.4, -0.2) is 52.1 Å². The Morgan fingerprint density at radius 3 is 2.38 bits per heavy atom. The average Bonchev–Trinajstić information content (AvgIpc) is 3.21. The van der Waals surface area contributed by atoms with Crippen molar-refractivity contribution in [2.75, 3.05) is 11.9 Å². The summed E-state index contributed by atoms with van der Waals surface area (Å²) in [6.07, 6.45) is 2.82. The fraction of sp³-hybridized carbons (Fsp3) is 0.400. The van der Waals surface area contributed by atoms with Gasteiger partial charge >= 0.3 is 18.0 Å². The van der Waals surface area contributed by atoms with Crippen LogP contribution in [0.5, 0.6) is 0 Å². The van der Waals surface area contributed by atoms with E-state index in [1.54, 1.807) is 29.2 Å². The van der Waals surface area contributed by atoms with E-state index in [0.29, 0.717) is 12.2 Å². The number of fused-ring (bicyclic) bond motifs is 1. The molecule has 3 aliphatic heterocycles. The molecule has 9 heteroatoms. The Bertz CT molecular complexity index is 877. The third-order valence-corrected chi connectivity index (χ3v) is 5.08. The highest BCUT2D eigenvalue weighted by Gasteiger charge is 2.47. The number of ether oxygens (including phenoxy) is 2. The molecule has 0 aliphatic carbocycles. The van der Waals surface area contributed by atoms with Crippen molar-refractivity contribution in [1.82, 2.24) is 9.80 Å². The van der Waals surface area contributed by atoms with Gasteiger partial charge in [-0.3, -0.25) is 9.69 Å². The number of nitrogens with one attached hydrogen (secondary N) is 1. The molecule has 0 spiro atoms. The minimum atomic E-state index is -1.29. The highest BCUT2D eigenvalue weighted by Crippen LogP contribution is 2.28. The number of hydrogen-bond donors (Lipinski definition) is 1. The van der Waals surface area contributed by atoms with Gasteiger partial charge in [-0.1, -0.05) is 12.1 Å². The second-order valence-electron chi connectivity index (χ2n) is 7.64. The number of cyclic esters (lactones) is 2. The van der Waals surface area contributed by atoms with E-state index in [-0.39, 0.29) is 30.1 Å². The number of carbonyl (C=O) groups is 4. The molecule has 1 atom stereocenters. The normalized spacial score (nSPS) is 23.1. The van der Waals surface area contributed by atoms with E-state index in [1.807, 2.05) is 0 Å². The highest BCUT2D eigenvalue weighted by molar-refractivity contribution is 6.15. The molecule has 29 heavy (non-hydrogen) atoms. The number of imide groups is 1. The van der Waals surface area contributed by atoms with E-state index >= 15 is 0 Å². The van der Waals surface area contributed by atoms with Gasteiger partial charge in [0.05, 0.1) is 6.54 Å². The van der Waals surface area contributed by atoms with Gasteiger partial charge in [-0.05, 0) is 30.5 Å². The molecule has 1 N–H and O–H groups in total. The van der Waals surface area contributed by atoms with Gasteiger partial charge in [0.15, 0.2) is 5.57 Å². The molecular formula is C20H21N3O6. The van der Waals surface area contributed by atoms with Gasteiger partial charge in [-0.15, -0.1) is 0 Å². The molecule has 0 aromatic heterocycles. The minimum Gasteiger partial charge on any atom is -0.419 e. The second-order valence-corrected chi connectivity index (χ2v) is 7.64. The van der Waals surface area contributed by atoms with Crippen LogP contribution in [0, 0.1) is 0 Å². The highest BCUT2D eigenvalue weighted by atomic mass is 16.7. The molecule has 3 saturated heterocycles. The Morgan fingerprint density at radius 2 is 1.76 bits per heavy atom. The standard InChI is InChI=1S/C20H21N3O6/c1-20(2)28-17(25)14(18(26)29-20)10-21-13-7-5-12(6-8-13)11-23-16(24)15-4-3-9-22(15)19(23)27/h5-8,10,15,21H,3-4,9,11H2,1-2H3. The number of carbonyl (C=O) groups excluding carboxylic acids is 4. The van der Waals surface area contributed by atoms with Crippen molar-refractivity contribution >= 4 is 29.6 Å². The molecule has 1 unspecified atom stereocenters. The predicted octanol–water partition coefficient (Wildman–Crippen LogP) is 1.75. The molecule has 3 fully saturated rings. The van der Waals surface area contributed by atoms with Gasteiger partial charge < -0.3 is 19.7 Å². The molecule has 3 amide bonds. The Kier molecular flexibility index (Phi) is 4.52. The van der Waals surface area contributed by atoms with Crippen molar-refractivity contribution in [1.29, 1.82) is 0 Å².